The first-order valence-electron chi connectivity index (χ1n) is 11.3. The molecule has 0 unspecified atom stereocenters. The summed E-state index contributed by atoms with van der Waals surface area (Å²) in [6, 6.07) is -0.664. The van der Waals surface area contributed by atoms with Crippen molar-refractivity contribution < 1.29 is 19.1 Å². The summed E-state index contributed by atoms with van der Waals surface area (Å²) in [5.41, 5.74) is 8.01. The Morgan fingerprint density at radius 1 is 1.30 bits per heavy atom. The Labute approximate surface area is 191 Å². The smallest absolute Gasteiger partial charge is 0.330 e. The van der Waals surface area contributed by atoms with Crippen molar-refractivity contribution in [3.8, 4) is 0 Å². The maximum absolute atomic E-state index is 12.1. The predicted octanol–water partition coefficient (Wildman–Crippen LogP) is 2.22. The molecule has 12 heteroatoms. The fourth-order valence-corrected chi connectivity index (χ4v) is 3.53. The van der Waals surface area contributed by atoms with Crippen LogP contribution in [-0.2, 0) is 19.1 Å². The molecule has 2 rings (SSSR count). The number of unbranched alkanes of at least 4 members (excludes halogenated alkanes) is 4. The number of aryl methyl sites for hydroxylation is 1. The van der Waals surface area contributed by atoms with Crippen LogP contribution in [0.25, 0.3) is 10.4 Å². The number of amides is 1. The van der Waals surface area contributed by atoms with Crippen molar-refractivity contribution in [2.75, 3.05) is 13.2 Å². The van der Waals surface area contributed by atoms with Crippen molar-refractivity contribution in [2.24, 2.45) is 5.11 Å². The molecule has 33 heavy (non-hydrogen) atoms. The van der Waals surface area contributed by atoms with E-state index in [-0.39, 0.29) is 31.8 Å². The molecule has 0 radical (unpaired) electrons. The molecule has 1 aliphatic rings. The second kappa shape index (κ2) is 13.4. The van der Waals surface area contributed by atoms with Gasteiger partial charge >= 0.3 is 11.7 Å². The third-order valence-electron chi connectivity index (χ3n) is 5.43. The standard InChI is InChI=1S/C21H32N6O6/c1-3-4-5-6-7-10-23-17(28)8-9-19(29)32-13-16-15(25-26-22)11-18(33-16)27-12-14(2)20(30)24-21(27)31/h12,15-16,18H,3-11,13H2,1-2H3,(H,23,28)(H,24,30,31)/t15-,16+,18+/m0/s1. The van der Waals surface area contributed by atoms with E-state index < -0.39 is 35.6 Å². The minimum atomic E-state index is -0.782. The van der Waals surface area contributed by atoms with Crippen LogP contribution in [0, 0.1) is 6.92 Å². The Morgan fingerprint density at radius 2 is 2.06 bits per heavy atom. The molecule has 1 fully saturated rings. The molecule has 1 aromatic heterocycles. The van der Waals surface area contributed by atoms with Gasteiger partial charge in [0, 0.05) is 36.1 Å². The van der Waals surface area contributed by atoms with E-state index in [1.807, 2.05) is 0 Å². The zero-order chi connectivity index (χ0) is 24.2. The molecule has 1 amide bonds. The summed E-state index contributed by atoms with van der Waals surface area (Å²) in [7, 11) is 0. The Hall–Kier alpha value is -3.11. The highest BCUT2D eigenvalue weighted by Crippen LogP contribution is 2.30. The zero-order valence-corrected chi connectivity index (χ0v) is 19.1. The van der Waals surface area contributed by atoms with Gasteiger partial charge in [-0.05, 0) is 18.9 Å². The number of nitrogens with zero attached hydrogens (tertiary/aromatic N) is 4. The van der Waals surface area contributed by atoms with E-state index in [0.717, 1.165) is 25.7 Å². The number of hydrogen-bond donors (Lipinski definition) is 2. The number of aromatic amines is 1. The summed E-state index contributed by atoms with van der Waals surface area (Å²) in [5.74, 6) is -0.781. The van der Waals surface area contributed by atoms with Crippen molar-refractivity contribution in [3.63, 3.8) is 0 Å². The molecule has 12 nitrogen and oxygen atoms in total. The van der Waals surface area contributed by atoms with Gasteiger partial charge in [-0.3, -0.25) is 23.9 Å². The molecule has 0 aromatic carbocycles. The second-order valence-electron chi connectivity index (χ2n) is 8.06. The molecule has 0 saturated carbocycles. The molecule has 2 N–H and O–H groups in total. The predicted molar refractivity (Wildman–Crippen MR) is 119 cm³/mol. The van der Waals surface area contributed by atoms with E-state index >= 15 is 0 Å². The van der Waals surface area contributed by atoms with E-state index in [9.17, 15) is 19.2 Å². The number of hydrogen-bond acceptors (Lipinski definition) is 7. The largest absolute Gasteiger partial charge is 0.463 e. The molecular weight excluding hydrogens is 432 g/mol. The van der Waals surface area contributed by atoms with Crippen molar-refractivity contribution in [3.05, 3.63) is 43.0 Å². The molecule has 0 spiro atoms. The fraction of sp³-hybridized carbons (Fsp3) is 0.714. The maximum atomic E-state index is 12.1. The number of carbonyl (C=O) groups excluding carboxylic acids is 2. The van der Waals surface area contributed by atoms with Gasteiger partial charge in [0.05, 0.1) is 12.5 Å². The van der Waals surface area contributed by atoms with Gasteiger partial charge in [-0.15, -0.1) is 0 Å². The molecule has 1 aromatic rings. The number of aromatic nitrogens is 2. The number of azide groups is 1. The minimum absolute atomic E-state index is 0.0216. The lowest BCUT2D eigenvalue weighted by molar-refractivity contribution is -0.149. The third kappa shape index (κ3) is 8.39. The second-order valence-corrected chi connectivity index (χ2v) is 8.06. The van der Waals surface area contributed by atoms with Gasteiger partial charge in [-0.25, -0.2) is 4.79 Å². The van der Waals surface area contributed by atoms with Crippen LogP contribution in [0.15, 0.2) is 20.9 Å². The van der Waals surface area contributed by atoms with Gasteiger partial charge < -0.3 is 14.8 Å². The Kier molecular flexibility index (Phi) is 10.6. The SMILES string of the molecule is CCCCCCCNC(=O)CCC(=O)OC[C@H]1O[C@@H](n2cc(C)c(=O)[nH]c2=O)C[C@@H]1N=[N+]=[N-]. The zero-order valence-electron chi connectivity index (χ0n) is 19.1. The van der Waals surface area contributed by atoms with Crippen LogP contribution in [-0.4, -0.2) is 46.7 Å². The van der Waals surface area contributed by atoms with E-state index in [0.29, 0.717) is 12.1 Å². The van der Waals surface area contributed by atoms with Crippen molar-refractivity contribution in [1.29, 1.82) is 0 Å². The van der Waals surface area contributed by atoms with Crippen LogP contribution in [0.3, 0.4) is 0 Å². The number of rotatable bonds is 13. The van der Waals surface area contributed by atoms with Crippen LogP contribution in [0.2, 0.25) is 0 Å². The monoisotopic (exact) mass is 464 g/mol. The lowest BCUT2D eigenvalue weighted by Gasteiger charge is -2.16. The van der Waals surface area contributed by atoms with Gasteiger partial charge in [0.15, 0.2) is 0 Å². The van der Waals surface area contributed by atoms with Gasteiger partial charge in [0.1, 0.15) is 18.9 Å². The van der Waals surface area contributed by atoms with Gasteiger partial charge in [0.25, 0.3) is 5.56 Å². The Morgan fingerprint density at radius 3 is 2.79 bits per heavy atom. The van der Waals surface area contributed by atoms with Gasteiger partial charge in [-0.1, -0.05) is 37.7 Å². The third-order valence-corrected chi connectivity index (χ3v) is 5.43. The Bertz CT molecular complexity index is 967. The van der Waals surface area contributed by atoms with E-state index in [4.69, 9.17) is 15.0 Å². The normalized spacial score (nSPS) is 19.6. The quantitative estimate of drug-likeness (QED) is 0.149. The summed E-state index contributed by atoms with van der Waals surface area (Å²) >= 11 is 0. The molecule has 1 saturated heterocycles. The molecule has 1 aliphatic heterocycles. The number of ether oxygens (including phenoxy) is 2. The van der Waals surface area contributed by atoms with Crippen LogP contribution < -0.4 is 16.6 Å². The van der Waals surface area contributed by atoms with Gasteiger partial charge in [0.2, 0.25) is 5.91 Å². The van der Waals surface area contributed by atoms with E-state index in [1.54, 1.807) is 6.92 Å². The van der Waals surface area contributed by atoms with Crippen molar-refractivity contribution >= 4 is 11.9 Å². The molecule has 182 valence electrons. The summed E-state index contributed by atoms with van der Waals surface area (Å²) < 4.78 is 12.2. The molecular formula is C21H32N6O6. The molecule has 0 bridgehead atoms. The lowest BCUT2D eigenvalue weighted by atomic mass is 10.1. The molecule has 3 atom stereocenters. The highest BCUT2D eigenvalue weighted by atomic mass is 16.6. The highest BCUT2D eigenvalue weighted by Gasteiger charge is 2.37. The van der Waals surface area contributed by atoms with Crippen molar-refractivity contribution in [1.82, 2.24) is 14.9 Å². The summed E-state index contributed by atoms with van der Waals surface area (Å²) in [6.07, 6.45) is 5.43. The van der Waals surface area contributed by atoms with E-state index in [1.165, 1.54) is 17.2 Å². The summed E-state index contributed by atoms with van der Waals surface area (Å²) in [6.45, 7) is 4.10. The van der Waals surface area contributed by atoms with Crippen LogP contribution >= 0.6 is 0 Å². The van der Waals surface area contributed by atoms with Crippen LogP contribution in [0.4, 0.5) is 0 Å². The average molecular weight is 465 g/mol. The summed E-state index contributed by atoms with van der Waals surface area (Å²) in [5, 5.41) is 6.47. The minimum Gasteiger partial charge on any atom is -0.463 e. The maximum Gasteiger partial charge on any atom is 0.330 e. The lowest BCUT2D eigenvalue weighted by Crippen LogP contribution is -2.33. The molecule has 2 heterocycles. The van der Waals surface area contributed by atoms with Crippen LogP contribution in [0.1, 0.15) is 70.1 Å². The number of nitrogens with one attached hydrogen (secondary N) is 2. The first kappa shape index (κ1) is 26.1. The highest BCUT2D eigenvalue weighted by molar-refractivity contribution is 5.81. The number of carbonyl (C=O) groups is 2. The van der Waals surface area contributed by atoms with Crippen molar-refractivity contribution in [2.45, 2.75) is 83.6 Å². The van der Waals surface area contributed by atoms with E-state index in [2.05, 4.69) is 27.3 Å². The number of H-pyrrole nitrogens is 1. The topological polar surface area (TPSA) is 168 Å². The average Bonchev–Trinajstić information content (AvgIpc) is 3.18. The van der Waals surface area contributed by atoms with Crippen LogP contribution in [0.5, 0.6) is 0 Å². The summed E-state index contributed by atoms with van der Waals surface area (Å²) in [4.78, 5) is 52.6. The Balaban J connectivity index is 1.79. The number of esters is 1. The molecule has 0 aliphatic carbocycles. The fourth-order valence-electron chi connectivity index (χ4n) is 3.53. The first-order chi connectivity index (χ1) is 15.8. The first-order valence-corrected chi connectivity index (χ1v) is 11.3. The van der Waals surface area contributed by atoms with Gasteiger partial charge in [-0.2, -0.15) is 0 Å².